The maximum Gasteiger partial charge on any atom is 0.255 e. The maximum atomic E-state index is 12.8. The van der Waals surface area contributed by atoms with Crippen LogP contribution in [0.4, 0.5) is 5.69 Å². The van der Waals surface area contributed by atoms with Crippen LogP contribution in [-0.4, -0.2) is 40.1 Å². The van der Waals surface area contributed by atoms with Gasteiger partial charge in [0.15, 0.2) is 0 Å². The van der Waals surface area contributed by atoms with E-state index in [-0.39, 0.29) is 26.1 Å². The number of nitrogens with two attached hydrogens (primary N) is 1. The molecule has 0 bridgehead atoms. The maximum absolute atomic E-state index is 12.8. The van der Waals surface area contributed by atoms with Crippen LogP contribution < -0.4 is 10.5 Å². The third-order valence-electron chi connectivity index (χ3n) is 4.54. The molecule has 1 amide bonds. The van der Waals surface area contributed by atoms with Gasteiger partial charge in [-0.25, -0.2) is 22.0 Å². The molecule has 1 fully saturated rings. The van der Waals surface area contributed by atoms with Gasteiger partial charge in [-0.15, -0.1) is 0 Å². The highest BCUT2D eigenvalue weighted by atomic mass is 35.5. The Bertz CT molecular complexity index is 1140. The highest BCUT2D eigenvalue weighted by Crippen LogP contribution is 2.24. The Kier molecular flexibility index (Phi) is 6.30. The first-order valence-corrected chi connectivity index (χ1v) is 12.2. The molecule has 11 heteroatoms. The lowest BCUT2D eigenvalue weighted by molar-refractivity contribution is 0.102. The Balaban J connectivity index is 1.85. The van der Waals surface area contributed by atoms with Gasteiger partial charge in [0.1, 0.15) is 4.90 Å². The molecule has 1 aliphatic rings. The summed E-state index contributed by atoms with van der Waals surface area (Å²) >= 11 is 5.83. The van der Waals surface area contributed by atoms with Crippen molar-refractivity contribution in [1.29, 1.82) is 0 Å². The molecular formula is C18H20ClN3O5S2. The second-order valence-corrected chi connectivity index (χ2v) is 10.5. The Morgan fingerprint density at radius 3 is 2.34 bits per heavy atom. The van der Waals surface area contributed by atoms with Crippen LogP contribution in [0.15, 0.2) is 52.3 Å². The molecule has 0 saturated carbocycles. The number of benzene rings is 2. The zero-order chi connectivity index (χ0) is 21.2. The van der Waals surface area contributed by atoms with Gasteiger partial charge < -0.3 is 5.32 Å². The lowest BCUT2D eigenvalue weighted by Crippen LogP contribution is -2.35. The van der Waals surface area contributed by atoms with E-state index in [0.717, 1.165) is 25.3 Å². The number of carbonyl (C=O) groups is 1. The number of rotatable bonds is 5. The highest BCUT2D eigenvalue weighted by Gasteiger charge is 2.26. The Labute approximate surface area is 174 Å². The summed E-state index contributed by atoms with van der Waals surface area (Å²) in [6, 6.07) is 9.60. The average molecular weight is 458 g/mol. The van der Waals surface area contributed by atoms with E-state index < -0.39 is 26.0 Å². The minimum Gasteiger partial charge on any atom is -0.322 e. The van der Waals surface area contributed by atoms with Crippen molar-refractivity contribution in [3.8, 4) is 0 Å². The van der Waals surface area contributed by atoms with Crippen molar-refractivity contribution in [2.75, 3.05) is 18.4 Å². The third-order valence-corrected chi connectivity index (χ3v) is 7.83. The number of nitrogens with one attached hydrogen (secondary N) is 1. The SMILES string of the molecule is NS(=O)(=O)c1cc(C(=O)Nc2cccc(S(=O)(=O)N3CCCCC3)c2)ccc1Cl. The number of carbonyl (C=O) groups excluding carboxylic acids is 1. The van der Waals surface area contributed by atoms with E-state index in [0.29, 0.717) is 13.1 Å². The summed E-state index contributed by atoms with van der Waals surface area (Å²) in [5.74, 6) is -0.626. The number of sulfonamides is 2. The first-order chi connectivity index (χ1) is 13.6. The van der Waals surface area contributed by atoms with Crippen molar-refractivity contribution in [3.63, 3.8) is 0 Å². The zero-order valence-corrected chi connectivity index (χ0v) is 17.7. The summed E-state index contributed by atoms with van der Waals surface area (Å²) in [5.41, 5.74) is 0.280. The standard InChI is InChI=1S/C18H20ClN3O5S2/c19-16-8-7-13(11-17(16)28(20,24)25)18(23)21-14-5-4-6-15(12-14)29(26,27)22-9-2-1-3-10-22/h4-8,11-12H,1-3,9-10H2,(H,21,23)(H2,20,24,25). The quantitative estimate of drug-likeness (QED) is 0.712. The normalized spacial score (nSPS) is 15.8. The number of halogens is 1. The molecule has 156 valence electrons. The molecule has 8 nitrogen and oxygen atoms in total. The second-order valence-electron chi connectivity index (χ2n) is 6.64. The van der Waals surface area contributed by atoms with Gasteiger partial charge in [-0.1, -0.05) is 24.1 Å². The third kappa shape index (κ3) is 4.96. The van der Waals surface area contributed by atoms with Crippen LogP contribution in [0.1, 0.15) is 29.6 Å². The van der Waals surface area contributed by atoms with E-state index in [2.05, 4.69) is 5.32 Å². The minimum atomic E-state index is -4.10. The van der Waals surface area contributed by atoms with Gasteiger partial charge in [-0.2, -0.15) is 4.31 Å². The zero-order valence-electron chi connectivity index (χ0n) is 15.3. The molecule has 2 aromatic carbocycles. The summed E-state index contributed by atoms with van der Waals surface area (Å²) in [5, 5.41) is 7.58. The highest BCUT2D eigenvalue weighted by molar-refractivity contribution is 7.89. The second kappa shape index (κ2) is 8.41. The lowest BCUT2D eigenvalue weighted by atomic mass is 10.2. The van der Waals surface area contributed by atoms with Crippen LogP contribution in [-0.2, 0) is 20.0 Å². The fourth-order valence-corrected chi connectivity index (χ4v) is 5.69. The minimum absolute atomic E-state index is 0.0164. The van der Waals surface area contributed by atoms with Crippen molar-refractivity contribution >= 4 is 43.2 Å². The van der Waals surface area contributed by atoms with Gasteiger partial charge in [0.2, 0.25) is 20.0 Å². The number of hydrogen-bond donors (Lipinski definition) is 2. The first kappa shape index (κ1) is 21.7. The van der Waals surface area contributed by atoms with Crippen molar-refractivity contribution < 1.29 is 21.6 Å². The molecule has 0 spiro atoms. The Morgan fingerprint density at radius 1 is 1.00 bits per heavy atom. The molecule has 1 aliphatic heterocycles. The van der Waals surface area contributed by atoms with Gasteiger partial charge in [0.25, 0.3) is 5.91 Å². The van der Waals surface area contributed by atoms with Crippen molar-refractivity contribution in [3.05, 3.63) is 53.1 Å². The van der Waals surface area contributed by atoms with Crippen LogP contribution in [0, 0.1) is 0 Å². The van der Waals surface area contributed by atoms with Crippen LogP contribution in [0.2, 0.25) is 5.02 Å². The largest absolute Gasteiger partial charge is 0.322 e. The number of piperidine rings is 1. The summed E-state index contributed by atoms with van der Waals surface area (Å²) in [7, 11) is -7.75. The van der Waals surface area contributed by atoms with E-state index in [1.165, 1.54) is 34.6 Å². The van der Waals surface area contributed by atoms with E-state index in [1.807, 2.05) is 0 Å². The molecule has 3 N–H and O–H groups in total. The Morgan fingerprint density at radius 2 is 1.69 bits per heavy atom. The number of hydrogen-bond acceptors (Lipinski definition) is 5. The first-order valence-electron chi connectivity index (χ1n) is 8.83. The molecule has 3 rings (SSSR count). The fourth-order valence-electron chi connectivity index (χ4n) is 3.05. The molecule has 1 heterocycles. The average Bonchev–Trinajstić information content (AvgIpc) is 2.68. The van der Waals surface area contributed by atoms with Gasteiger partial charge in [-0.05, 0) is 49.2 Å². The predicted octanol–water partition coefficient (Wildman–Crippen LogP) is 2.41. The van der Waals surface area contributed by atoms with Crippen LogP contribution >= 0.6 is 11.6 Å². The summed E-state index contributed by atoms with van der Waals surface area (Å²) < 4.78 is 50.2. The van der Waals surface area contributed by atoms with Crippen molar-refractivity contribution in [1.82, 2.24) is 4.31 Å². The lowest BCUT2D eigenvalue weighted by Gasteiger charge is -2.26. The summed E-state index contributed by atoms with van der Waals surface area (Å²) in [4.78, 5) is 12.2. The predicted molar refractivity (Wildman–Crippen MR) is 110 cm³/mol. The van der Waals surface area contributed by atoms with Crippen LogP contribution in [0.3, 0.4) is 0 Å². The molecule has 0 atom stereocenters. The topological polar surface area (TPSA) is 127 Å². The van der Waals surface area contributed by atoms with Crippen molar-refractivity contribution in [2.45, 2.75) is 29.1 Å². The van der Waals surface area contributed by atoms with Crippen LogP contribution in [0.5, 0.6) is 0 Å². The van der Waals surface area contributed by atoms with E-state index in [1.54, 1.807) is 6.07 Å². The van der Waals surface area contributed by atoms with E-state index in [4.69, 9.17) is 16.7 Å². The van der Waals surface area contributed by atoms with Gasteiger partial charge in [-0.3, -0.25) is 4.79 Å². The van der Waals surface area contributed by atoms with Gasteiger partial charge >= 0.3 is 0 Å². The summed E-state index contributed by atoms with van der Waals surface area (Å²) in [6.45, 7) is 0.945. The fraction of sp³-hybridized carbons (Fsp3) is 0.278. The number of nitrogens with zero attached hydrogens (tertiary/aromatic N) is 1. The molecule has 1 saturated heterocycles. The molecular weight excluding hydrogens is 438 g/mol. The van der Waals surface area contributed by atoms with Gasteiger partial charge in [0.05, 0.1) is 9.92 Å². The van der Waals surface area contributed by atoms with Crippen LogP contribution in [0.25, 0.3) is 0 Å². The molecule has 2 aromatic rings. The molecule has 0 radical (unpaired) electrons. The van der Waals surface area contributed by atoms with Crippen molar-refractivity contribution in [2.24, 2.45) is 5.14 Å². The van der Waals surface area contributed by atoms with E-state index in [9.17, 15) is 21.6 Å². The smallest absolute Gasteiger partial charge is 0.255 e. The molecule has 0 aromatic heterocycles. The Hall–Kier alpha value is -1.98. The number of primary sulfonamides is 1. The molecule has 0 aliphatic carbocycles. The van der Waals surface area contributed by atoms with E-state index >= 15 is 0 Å². The molecule has 29 heavy (non-hydrogen) atoms. The summed E-state index contributed by atoms with van der Waals surface area (Å²) in [6.07, 6.45) is 2.64. The number of anilines is 1. The van der Waals surface area contributed by atoms with Gasteiger partial charge in [0, 0.05) is 24.3 Å². The number of amides is 1. The molecule has 0 unspecified atom stereocenters. The monoisotopic (exact) mass is 457 g/mol.